The van der Waals surface area contributed by atoms with Crippen LogP contribution in [0.4, 0.5) is 19.3 Å². The Morgan fingerprint density at radius 3 is 2.79 bits per heavy atom. The number of nitrogens with one attached hydrogen (secondary N) is 1. The fraction of sp³-hybridized carbons (Fsp3) is 0.333. The van der Waals surface area contributed by atoms with E-state index >= 15 is 0 Å². The minimum Gasteiger partial charge on any atom is -0.443 e. The van der Waals surface area contributed by atoms with Crippen molar-refractivity contribution in [3.8, 4) is 0 Å². The maximum atomic E-state index is 13.3. The third-order valence-corrected chi connectivity index (χ3v) is 5.73. The molecule has 0 bridgehead atoms. The number of nitrogens with zero attached hydrogens (tertiary/aromatic N) is 2. The molecule has 1 saturated carbocycles. The molecule has 28 heavy (non-hydrogen) atoms. The van der Waals surface area contributed by atoms with E-state index in [1.54, 1.807) is 18.2 Å². The highest BCUT2D eigenvalue weighted by molar-refractivity contribution is 8.18. The number of anilines is 1. The first kappa shape index (κ1) is 18.6. The van der Waals surface area contributed by atoms with E-state index in [0.29, 0.717) is 34.1 Å². The highest BCUT2D eigenvalue weighted by Crippen LogP contribution is 2.42. The van der Waals surface area contributed by atoms with Crippen molar-refractivity contribution >= 4 is 45.6 Å². The lowest BCUT2D eigenvalue weighted by Gasteiger charge is -2.24. The van der Waals surface area contributed by atoms with Gasteiger partial charge in [-0.25, -0.2) is 13.8 Å². The Balaban J connectivity index is 1.43. The van der Waals surface area contributed by atoms with Crippen molar-refractivity contribution in [3.05, 3.63) is 35.1 Å². The Labute approximate surface area is 162 Å². The molecule has 0 unspecified atom stereocenters. The predicted octanol–water partition coefficient (Wildman–Crippen LogP) is 3.93. The van der Waals surface area contributed by atoms with E-state index in [-0.39, 0.29) is 30.6 Å². The van der Waals surface area contributed by atoms with E-state index < -0.39 is 29.5 Å². The molecule has 146 valence electrons. The molecule has 10 heteroatoms. The molecule has 0 radical (unpaired) electrons. The maximum absolute atomic E-state index is 13.3. The SMILES string of the molecule is O=C(CN1C(=O)SC(=C2CCC(F)(F)CC2)C1=O)Nc1ccc2ncoc2c1. The Hall–Kier alpha value is -2.75. The van der Waals surface area contributed by atoms with Crippen molar-refractivity contribution in [2.75, 3.05) is 11.9 Å². The zero-order chi connectivity index (χ0) is 19.9. The Kier molecular flexibility index (Phi) is 4.66. The standard InChI is InChI=1S/C18H15F2N3O4S/c19-18(20)5-3-10(4-6-18)15-16(25)23(17(26)28-15)8-14(24)22-11-1-2-12-13(7-11)27-9-21-12/h1-2,7,9H,3-6,8H2,(H,22,24). The van der Waals surface area contributed by atoms with Crippen LogP contribution >= 0.6 is 11.8 Å². The molecule has 2 fully saturated rings. The van der Waals surface area contributed by atoms with Gasteiger partial charge in [0.15, 0.2) is 12.0 Å². The molecule has 0 atom stereocenters. The third kappa shape index (κ3) is 3.64. The largest absolute Gasteiger partial charge is 0.443 e. The van der Waals surface area contributed by atoms with Crippen LogP contribution in [0.3, 0.4) is 0 Å². The second-order valence-corrected chi connectivity index (χ2v) is 7.59. The second-order valence-electron chi connectivity index (χ2n) is 6.63. The summed E-state index contributed by atoms with van der Waals surface area (Å²) in [4.78, 5) is 42.0. The number of alkyl halides is 2. The van der Waals surface area contributed by atoms with Crippen LogP contribution in [-0.2, 0) is 9.59 Å². The molecule has 1 N–H and O–H groups in total. The van der Waals surface area contributed by atoms with Crippen molar-refractivity contribution in [2.24, 2.45) is 0 Å². The zero-order valence-corrected chi connectivity index (χ0v) is 15.4. The molecular weight excluding hydrogens is 392 g/mol. The van der Waals surface area contributed by atoms with Crippen molar-refractivity contribution in [2.45, 2.75) is 31.6 Å². The number of oxazole rings is 1. The first-order chi connectivity index (χ1) is 13.3. The van der Waals surface area contributed by atoms with Gasteiger partial charge in [-0.1, -0.05) is 5.57 Å². The van der Waals surface area contributed by atoms with Gasteiger partial charge in [-0.15, -0.1) is 0 Å². The summed E-state index contributed by atoms with van der Waals surface area (Å²) in [5, 5.41) is 2.02. The lowest BCUT2D eigenvalue weighted by atomic mass is 9.91. The van der Waals surface area contributed by atoms with Gasteiger partial charge in [0.2, 0.25) is 11.8 Å². The van der Waals surface area contributed by atoms with Crippen molar-refractivity contribution in [1.29, 1.82) is 0 Å². The molecule has 2 heterocycles. The normalized spacial score (nSPS) is 19.6. The number of hydrogen-bond acceptors (Lipinski definition) is 6. The molecule has 0 spiro atoms. The summed E-state index contributed by atoms with van der Waals surface area (Å²) < 4.78 is 31.8. The topological polar surface area (TPSA) is 92.5 Å². The Morgan fingerprint density at radius 2 is 2.04 bits per heavy atom. The van der Waals surface area contributed by atoms with Crippen molar-refractivity contribution in [3.63, 3.8) is 0 Å². The number of aromatic nitrogens is 1. The molecule has 3 amide bonds. The summed E-state index contributed by atoms with van der Waals surface area (Å²) in [6.07, 6.45) is 0.763. The van der Waals surface area contributed by atoms with Gasteiger partial charge in [0.25, 0.3) is 11.1 Å². The Morgan fingerprint density at radius 1 is 1.29 bits per heavy atom. The van der Waals surface area contributed by atoms with E-state index in [0.717, 1.165) is 4.90 Å². The number of fused-ring (bicyclic) bond motifs is 1. The number of amides is 3. The molecule has 1 aromatic carbocycles. The van der Waals surface area contributed by atoms with Crippen LogP contribution < -0.4 is 5.32 Å². The number of allylic oxidation sites excluding steroid dienone is 1. The highest BCUT2D eigenvalue weighted by Gasteiger charge is 2.41. The van der Waals surface area contributed by atoms with Gasteiger partial charge in [-0.05, 0) is 36.7 Å². The smallest absolute Gasteiger partial charge is 0.294 e. The van der Waals surface area contributed by atoms with Crippen LogP contribution in [-0.4, -0.2) is 39.4 Å². The molecule has 1 aromatic heterocycles. The van der Waals surface area contributed by atoms with Gasteiger partial charge in [0, 0.05) is 24.6 Å². The second kappa shape index (κ2) is 7.01. The molecule has 2 aromatic rings. The first-order valence-corrected chi connectivity index (χ1v) is 9.41. The Bertz CT molecular complexity index is 1010. The summed E-state index contributed by atoms with van der Waals surface area (Å²) in [5.74, 6) is -3.89. The average molecular weight is 407 g/mol. The lowest BCUT2D eigenvalue weighted by molar-refractivity contribution is -0.127. The number of carbonyl (C=O) groups excluding carboxylic acids is 3. The van der Waals surface area contributed by atoms with Crippen LogP contribution in [0.5, 0.6) is 0 Å². The molecule has 7 nitrogen and oxygen atoms in total. The minimum atomic E-state index is -2.73. The summed E-state index contributed by atoms with van der Waals surface area (Å²) in [6, 6.07) is 4.87. The van der Waals surface area contributed by atoms with Crippen molar-refractivity contribution < 1.29 is 27.6 Å². The predicted molar refractivity (Wildman–Crippen MR) is 97.8 cm³/mol. The summed E-state index contributed by atoms with van der Waals surface area (Å²) in [6.45, 7) is -0.452. The minimum absolute atomic E-state index is 0.0750. The van der Waals surface area contributed by atoms with Gasteiger partial charge in [0.05, 0.1) is 4.91 Å². The van der Waals surface area contributed by atoms with Gasteiger partial charge in [0.1, 0.15) is 12.1 Å². The number of rotatable bonds is 3. The van der Waals surface area contributed by atoms with Gasteiger partial charge < -0.3 is 9.73 Å². The summed E-state index contributed by atoms with van der Waals surface area (Å²) in [5.41, 5.74) is 2.12. The molecule has 1 aliphatic heterocycles. The number of halogens is 2. The zero-order valence-electron chi connectivity index (χ0n) is 14.5. The van der Waals surface area contributed by atoms with Crippen LogP contribution in [0.1, 0.15) is 25.7 Å². The van der Waals surface area contributed by atoms with Crippen LogP contribution in [0.2, 0.25) is 0 Å². The summed E-state index contributed by atoms with van der Waals surface area (Å²) in [7, 11) is 0. The summed E-state index contributed by atoms with van der Waals surface area (Å²) >= 11 is 0.709. The molecule has 4 rings (SSSR count). The van der Waals surface area contributed by atoms with Gasteiger partial charge in [-0.2, -0.15) is 0 Å². The lowest BCUT2D eigenvalue weighted by Crippen LogP contribution is -2.36. The van der Waals surface area contributed by atoms with E-state index in [9.17, 15) is 23.2 Å². The van der Waals surface area contributed by atoms with E-state index in [2.05, 4.69) is 10.3 Å². The quantitative estimate of drug-likeness (QED) is 0.775. The average Bonchev–Trinajstić information content (AvgIpc) is 3.21. The van der Waals surface area contributed by atoms with Crippen LogP contribution in [0.15, 0.2) is 39.5 Å². The number of hydrogen-bond donors (Lipinski definition) is 1. The fourth-order valence-corrected chi connectivity index (χ4v) is 4.15. The number of thioether (sulfide) groups is 1. The number of carbonyl (C=O) groups is 3. The molecule has 1 aliphatic carbocycles. The maximum Gasteiger partial charge on any atom is 0.294 e. The number of imide groups is 1. The van der Waals surface area contributed by atoms with E-state index in [4.69, 9.17) is 4.42 Å². The monoisotopic (exact) mass is 407 g/mol. The van der Waals surface area contributed by atoms with Crippen LogP contribution in [0, 0.1) is 0 Å². The van der Waals surface area contributed by atoms with Crippen LogP contribution in [0.25, 0.3) is 11.1 Å². The van der Waals surface area contributed by atoms with E-state index in [1.807, 2.05) is 0 Å². The molecule has 1 saturated heterocycles. The third-order valence-electron chi connectivity index (χ3n) is 4.67. The van der Waals surface area contributed by atoms with Crippen molar-refractivity contribution in [1.82, 2.24) is 9.88 Å². The first-order valence-electron chi connectivity index (χ1n) is 8.59. The van der Waals surface area contributed by atoms with Gasteiger partial charge >= 0.3 is 0 Å². The number of benzene rings is 1. The van der Waals surface area contributed by atoms with E-state index in [1.165, 1.54) is 6.39 Å². The molecular formula is C18H15F2N3O4S. The van der Waals surface area contributed by atoms with Gasteiger partial charge in [-0.3, -0.25) is 19.3 Å². The fourth-order valence-electron chi connectivity index (χ4n) is 3.17. The molecule has 2 aliphatic rings. The highest BCUT2D eigenvalue weighted by atomic mass is 32.2.